The molecule has 1 aromatic heterocycles. The third kappa shape index (κ3) is 5.13. The van der Waals surface area contributed by atoms with E-state index in [4.69, 9.17) is 5.21 Å². The van der Waals surface area contributed by atoms with E-state index in [0.29, 0.717) is 16.5 Å². The summed E-state index contributed by atoms with van der Waals surface area (Å²) in [5.74, 6) is -0.875. The molecular weight excluding hydrogens is 483 g/mol. The van der Waals surface area contributed by atoms with Gasteiger partial charge in [-0.05, 0) is 68.6 Å². The number of Topliss-reactive ketones (excluding diaryl/α,β-unsaturated/α-hetero) is 1. The number of halogens is 1. The average molecular weight is 521 g/mol. The molecule has 1 fully saturated rings. The SMILES string of the molecule is CCCCN1CCN(CC2CCc3c(c4cc(F)ccc4n3[C@@H](C)c3ccc(C(=O)NO)cc3)C2=O)CC1. The van der Waals surface area contributed by atoms with Crippen LogP contribution in [0.25, 0.3) is 10.9 Å². The molecule has 0 bridgehead atoms. The van der Waals surface area contributed by atoms with Gasteiger partial charge in [0, 0.05) is 66.4 Å². The fourth-order valence-electron chi connectivity index (χ4n) is 6.14. The Morgan fingerprint density at radius 3 is 2.50 bits per heavy atom. The predicted octanol–water partition coefficient (Wildman–Crippen LogP) is 4.67. The summed E-state index contributed by atoms with van der Waals surface area (Å²) in [5, 5.41) is 9.59. The molecule has 2 N–H and O–H groups in total. The third-order valence-electron chi connectivity index (χ3n) is 8.33. The number of nitrogens with zero attached hydrogens (tertiary/aromatic N) is 3. The van der Waals surface area contributed by atoms with Gasteiger partial charge in [-0.15, -0.1) is 0 Å². The van der Waals surface area contributed by atoms with Crippen molar-refractivity contribution in [3.8, 4) is 0 Å². The minimum Gasteiger partial charge on any atom is -0.337 e. The molecule has 0 radical (unpaired) electrons. The van der Waals surface area contributed by atoms with Gasteiger partial charge in [0.1, 0.15) is 5.82 Å². The van der Waals surface area contributed by atoms with E-state index in [0.717, 1.165) is 68.9 Å². The Morgan fingerprint density at radius 2 is 1.82 bits per heavy atom. The van der Waals surface area contributed by atoms with Crippen molar-refractivity contribution >= 4 is 22.6 Å². The molecule has 1 unspecified atom stereocenters. The van der Waals surface area contributed by atoms with Crippen LogP contribution in [-0.2, 0) is 6.42 Å². The summed E-state index contributed by atoms with van der Waals surface area (Å²) in [6, 6.07) is 11.6. The molecular formula is C30H37FN4O3. The monoisotopic (exact) mass is 520 g/mol. The molecule has 2 atom stereocenters. The number of ketones is 1. The van der Waals surface area contributed by atoms with Gasteiger partial charge in [0.2, 0.25) is 0 Å². The fraction of sp³-hybridized carbons (Fsp3) is 0.467. The summed E-state index contributed by atoms with van der Waals surface area (Å²) in [6.45, 7) is 10.2. The molecule has 8 heteroatoms. The molecule has 0 spiro atoms. The highest BCUT2D eigenvalue weighted by molar-refractivity contribution is 6.11. The van der Waals surface area contributed by atoms with Crippen LogP contribution in [0.1, 0.15) is 71.1 Å². The normalized spacial score (nSPS) is 19.5. The Hall–Kier alpha value is -3.07. The Labute approximate surface area is 223 Å². The minimum absolute atomic E-state index is 0.0846. The molecule has 2 aromatic carbocycles. The quantitative estimate of drug-likeness (QED) is 0.333. The lowest BCUT2D eigenvalue weighted by Crippen LogP contribution is -2.49. The Bertz CT molecular complexity index is 1310. The second-order valence-corrected chi connectivity index (χ2v) is 10.7. The van der Waals surface area contributed by atoms with Crippen LogP contribution in [0.2, 0.25) is 0 Å². The lowest BCUT2D eigenvalue weighted by atomic mass is 9.84. The number of unbranched alkanes of at least 4 members (excludes halogenated alkanes) is 1. The van der Waals surface area contributed by atoms with Gasteiger partial charge in [-0.1, -0.05) is 25.5 Å². The molecule has 202 valence electrons. The Balaban J connectivity index is 1.41. The van der Waals surface area contributed by atoms with Gasteiger partial charge in [-0.2, -0.15) is 0 Å². The lowest BCUT2D eigenvalue weighted by molar-refractivity contribution is 0.0706. The molecule has 1 aliphatic heterocycles. The first-order valence-corrected chi connectivity index (χ1v) is 13.8. The van der Waals surface area contributed by atoms with E-state index in [2.05, 4.69) is 28.2 Å². The molecule has 3 aromatic rings. The number of hydrogen-bond acceptors (Lipinski definition) is 5. The maximum absolute atomic E-state index is 14.4. The highest BCUT2D eigenvalue weighted by Crippen LogP contribution is 2.38. The number of nitrogens with one attached hydrogen (secondary N) is 1. The lowest BCUT2D eigenvalue weighted by Gasteiger charge is -2.37. The molecule has 2 aliphatic rings. The second kappa shape index (κ2) is 11.4. The van der Waals surface area contributed by atoms with E-state index in [1.807, 2.05) is 12.1 Å². The number of aromatic nitrogens is 1. The number of piperazine rings is 1. The zero-order valence-corrected chi connectivity index (χ0v) is 22.3. The first kappa shape index (κ1) is 26.5. The average Bonchev–Trinajstić information content (AvgIpc) is 3.27. The van der Waals surface area contributed by atoms with E-state index in [1.54, 1.807) is 23.7 Å². The number of hydrogen-bond donors (Lipinski definition) is 2. The van der Waals surface area contributed by atoms with Crippen LogP contribution < -0.4 is 5.48 Å². The summed E-state index contributed by atoms with van der Waals surface area (Å²) < 4.78 is 16.6. The number of fused-ring (bicyclic) bond motifs is 3. The first-order chi connectivity index (χ1) is 18.4. The molecule has 5 rings (SSSR count). The third-order valence-corrected chi connectivity index (χ3v) is 8.33. The van der Waals surface area contributed by atoms with E-state index >= 15 is 0 Å². The van der Waals surface area contributed by atoms with Crippen molar-refractivity contribution in [3.05, 3.63) is 70.7 Å². The van der Waals surface area contributed by atoms with E-state index in [-0.39, 0.29) is 23.6 Å². The van der Waals surface area contributed by atoms with Crippen molar-refractivity contribution in [2.45, 2.75) is 45.6 Å². The van der Waals surface area contributed by atoms with Crippen molar-refractivity contribution < 1.29 is 19.2 Å². The van der Waals surface area contributed by atoms with Crippen LogP contribution >= 0.6 is 0 Å². The maximum Gasteiger partial charge on any atom is 0.274 e. The zero-order chi connectivity index (χ0) is 26.8. The van der Waals surface area contributed by atoms with E-state index < -0.39 is 5.91 Å². The summed E-state index contributed by atoms with van der Waals surface area (Å²) in [5.41, 5.74) is 5.44. The number of hydroxylamine groups is 1. The fourth-order valence-corrected chi connectivity index (χ4v) is 6.14. The summed E-state index contributed by atoms with van der Waals surface area (Å²) in [6.07, 6.45) is 3.97. The Kier molecular flexibility index (Phi) is 7.93. The highest BCUT2D eigenvalue weighted by Gasteiger charge is 2.35. The maximum atomic E-state index is 14.4. The van der Waals surface area contributed by atoms with Gasteiger partial charge < -0.3 is 14.4 Å². The van der Waals surface area contributed by atoms with Crippen LogP contribution in [0.15, 0.2) is 42.5 Å². The van der Waals surface area contributed by atoms with E-state index in [1.165, 1.54) is 25.0 Å². The molecule has 1 aliphatic carbocycles. The van der Waals surface area contributed by atoms with Crippen molar-refractivity contribution in [3.63, 3.8) is 0 Å². The second-order valence-electron chi connectivity index (χ2n) is 10.7. The highest BCUT2D eigenvalue weighted by atomic mass is 19.1. The van der Waals surface area contributed by atoms with Crippen LogP contribution in [0.4, 0.5) is 4.39 Å². The van der Waals surface area contributed by atoms with Crippen LogP contribution in [0.5, 0.6) is 0 Å². The molecule has 1 saturated heterocycles. The van der Waals surface area contributed by atoms with Crippen LogP contribution in [0, 0.1) is 11.7 Å². The summed E-state index contributed by atoms with van der Waals surface area (Å²) in [7, 11) is 0. The van der Waals surface area contributed by atoms with Crippen molar-refractivity contribution in [2.24, 2.45) is 5.92 Å². The largest absolute Gasteiger partial charge is 0.337 e. The van der Waals surface area contributed by atoms with Crippen LogP contribution in [0.3, 0.4) is 0 Å². The smallest absolute Gasteiger partial charge is 0.274 e. The standard InChI is InChI=1S/C30H37FN4O3/c1-3-4-13-33-14-16-34(17-15-33)19-23-9-11-27-28(29(23)36)25-18-24(31)10-12-26(25)35(27)20(2)21-5-7-22(8-6-21)30(37)32-38/h5-8,10,12,18,20,23,38H,3-4,9,11,13-17,19H2,1-2H3,(H,32,37)/t20-,23?/m0/s1. The number of benzene rings is 2. The van der Waals surface area contributed by atoms with Gasteiger partial charge in [0.25, 0.3) is 5.91 Å². The molecule has 38 heavy (non-hydrogen) atoms. The van der Waals surface area contributed by atoms with Gasteiger partial charge >= 0.3 is 0 Å². The van der Waals surface area contributed by atoms with Crippen LogP contribution in [-0.4, -0.2) is 70.5 Å². The topological polar surface area (TPSA) is 77.8 Å². The summed E-state index contributed by atoms with van der Waals surface area (Å²) in [4.78, 5) is 30.6. The molecule has 2 heterocycles. The van der Waals surface area contributed by atoms with E-state index in [9.17, 15) is 14.0 Å². The minimum atomic E-state index is -0.567. The van der Waals surface area contributed by atoms with Crippen molar-refractivity contribution in [1.82, 2.24) is 19.8 Å². The Morgan fingerprint density at radius 1 is 1.11 bits per heavy atom. The molecule has 7 nitrogen and oxygen atoms in total. The van der Waals surface area contributed by atoms with Gasteiger partial charge in [0.15, 0.2) is 5.78 Å². The molecule has 0 saturated carbocycles. The number of amides is 1. The zero-order valence-electron chi connectivity index (χ0n) is 22.3. The van der Waals surface area contributed by atoms with Gasteiger partial charge in [-0.25, -0.2) is 9.87 Å². The first-order valence-electron chi connectivity index (χ1n) is 13.8. The number of rotatable bonds is 8. The van der Waals surface area contributed by atoms with Crippen molar-refractivity contribution in [1.29, 1.82) is 0 Å². The van der Waals surface area contributed by atoms with Gasteiger partial charge in [0.05, 0.1) is 6.04 Å². The van der Waals surface area contributed by atoms with Gasteiger partial charge in [-0.3, -0.25) is 14.8 Å². The summed E-state index contributed by atoms with van der Waals surface area (Å²) >= 11 is 0. The molecule has 1 amide bonds. The van der Waals surface area contributed by atoms with Crippen molar-refractivity contribution in [2.75, 3.05) is 39.3 Å². The predicted molar refractivity (Wildman–Crippen MR) is 145 cm³/mol. The number of carbonyl (C=O) groups excluding carboxylic acids is 2. The number of carbonyl (C=O) groups is 2.